The van der Waals surface area contributed by atoms with E-state index in [9.17, 15) is 4.79 Å². The van der Waals surface area contributed by atoms with E-state index in [2.05, 4.69) is 20.7 Å². The van der Waals surface area contributed by atoms with E-state index in [0.717, 1.165) is 10.0 Å². The Kier molecular flexibility index (Phi) is 6.99. The van der Waals surface area contributed by atoms with Gasteiger partial charge in [0.15, 0.2) is 0 Å². The largest absolute Gasteiger partial charge is 0.468 e. The minimum Gasteiger partial charge on any atom is -0.468 e. The number of carbonyl (C=O) groups is 1. The summed E-state index contributed by atoms with van der Waals surface area (Å²) in [6.45, 7) is 0. The van der Waals surface area contributed by atoms with Gasteiger partial charge in [0.25, 0.3) is 0 Å². The van der Waals surface area contributed by atoms with Crippen molar-refractivity contribution in [1.82, 2.24) is 0 Å². The summed E-state index contributed by atoms with van der Waals surface area (Å²) in [6.07, 6.45) is 0.433. The third-order valence-electron chi connectivity index (χ3n) is 1.94. The summed E-state index contributed by atoms with van der Waals surface area (Å²) in [6, 6.07) is 4.79. The number of hydrogen-bond acceptors (Lipinski definition) is 3. The lowest BCUT2D eigenvalue weighted by molar-refractivity contribution is -0.142. The molecular weight excluding hydrogens is 317 g/mol. The minimum atomic E-state index is -0.636. The fraction of sp³-hybridized carbons (Fsp3) is 0.300. The zero-order valence-corrected chi connectivity index (χ0v) is 11.7. The fourth-order valence-electron chi connectivity index (χ4n) is 1.16. The Labute approximate surface area is 114 Å². The van der Waals surface area contributed by atoms with Crippen molar-refractivity contribution in [1.29, 1.82) is 0 Å². The summed E-state index contributed by atoms with van der Waals surface area (Å²) in [7, 11) is 1.32. The smallest absolute Gasteiger partial charge is 0.322 e. The van der Waals surface area contributed by atoms with Crippen LogP contribution in [0, 0.1) is 0 Å². The first kappa shape index (κ1) is 15.7. The van der Waals surface area contributed by atoms with Crippen LogP contribution in [0.4, 0.5) is 0 Å². The van der Waals surface area contributed by atoms with Crippen LogP contribution in [0.15, 0.2) is 22.7 Å². The van der Waals surface area contributed by atoms with Gasteiger partial charge in [-0.2, -0.15) is 0 Å². The van der Waals surface area contributed by atoms with Gasteiger partial charge in [-0.3, -0.25) is 4.79 Å². The first-order chi connectivity index (χ1) is 7.04. The number of benzene rings is 1. The van der Waals surface area contributed by atoms with Crippen molar-refractivity contribution >= 4 is 45.9 Å². The van der Waals surface area contributed by atoms with Crippen molar-refractivity contribution in [2.75, 3.05) is 7.11 Å². The quantitative estimate of drug-likeness (QED) is 0.868. The van der Waals surface area contributed by atoms with Gasteiger partial charge in [-0.25, -0.2) is 0 Å². The van der Waals surface area contributed by atoms with Crippen LogP contribution in [0.1, 0.15) is 5.56 Å². The van der Waals surface area contributed by atoms with Gasteiger partial charge in [-0.1, -0.05) is 17.7 Å². The normalized spacial score (nSPS) is 11.5. The zero-order chi connectivity index (χ0) is 11.4. The molecule has 0 amide bonds. The number of esters is 1. The third-order valence-corrected chi connectivity index (χ3v) is 3.16. The van der Waals surface area contributed by atoms with E-state index in [0.29, 0.717) is 11.4 Å². The number of rotatable bonds is 3. The van der Waals surface area contributed by atoms with Crippen molar-refractivity contribution in [3.05, 3.63) is 33.3 Å². The van der Waals surface area contributed by atoms with Crippen LogP contribution in [-0.4, -0.2) is 19.1 Å². The molecule has 1 aromatic carbocycles. The second-order valence-electron chi connectivity index (χ2n) is 3.08. The summed E-state index contributed by atoms with van der Waals surface area (Å²) in [5, 5.41) is 0.630. The molecule has 0 fully saturated rings. The number of halogens is 3. The van der Waals surface area contributed by atoms with Crippen LogP contribution >= 0.6 is 39.9 Å². The predicted octanol–water partition coefficient (Wildman–Crippen LogP) is 2.57. The van der Waals surface area contributed by atoms with Crippen molar-refractivity contribution in [2.45, 2.75) is 12.5 Å². The fourth-order valence-corrected chi connectivity index (χ4v) is 1.70. The Hall–Kier alpha value is -0.290. The predicted molar refractivity (Wildman–Crippen MR) is 70.1 cm³/mol. The van der Waals surface area contributed by atoms with Gasteiger partial charge in [-0.15, -0.1) is 12.4 Å². The molecule has 1 atom stereocenters. The van der Waals surface area contributed by atoms with E-state index in [4.69, 9.17) is 17.3 Å². The molecule has 0 saturated heterocycles. The minimum absolute atomic E-state index is 0. The maximum atomic E-state index is 11.1. The average Bonchev–Trinajstić information content (AvgIpc) is 2.22. The van der Waals surface area contributed by atoms with Crippen LogP contribution in [0.5, 0.6) is 0 Å². The molecule has 0 spiro atoms. The summed E-state index contributed by atoms with van der Waals surface area (Å²) in [5.41, 5.74) is 6.56. The molecule has 0 aromatic heterocycles. The summed E-state index contributed by atoms with van der Waals surface area (Å²) in [5.74, 6) is -0.416. The van der Waals surface area contributed by atoms with Gasteiger partial charge in [-0.05, 0) is 40.0 Å². The van der Waals surface area contributed by atoms with Crippen LogP contribution in [0.3, 0.4) is 0 Å². The van der Waals surface area contributed by atoms with E-state index in [1.54, 1.807) is 6.07 Å². The van der Waals surface area contributed by atoms with E-state index in [1.165, 1.54) is 7.11 Å². The average molecular weight is 329 g/mol. The lowest BCUT2D eigenvalue weighted by atomic mass is 10.1. The molecule has 0 unspecified atom stereocenters. The Morgan fingerprint density at radius 2 is 2.25 bits per heavy atom. The molecule has 1 rings (SSSR count). The van der Waals surface area contributed by atoms with Crippen molar-refractivity contribution < 1.29 is 9.53 Å². The molecule has 0 saturated carbocycles. The number of methoxy groups -OCH3 is 1. The van der Waals surface area contributed by atoms with E-state index in [1.807, 2.05) is 12.1 Å². The van der Waals surface area contributed by atoms with Gasteiger partial charge in [0.1, 0.15) is 6.04 Å². The highest BCUT2D eigenvalue weighted by molar-refractivity contribution is 9.10. The van der Waals surface area contributed by atoms with E-state index in [-0.39, 0.29) is 12.4 Å². The molecule has 0 aliphatic rings. The SMILES string of the molecule is COC(=O)[C@@H](N)Cc1ccc(Cl)c(Br)c1.Cl. The summed E-state index contributed by atoms with van der Waals surface area (Å²) in [4.78, 5) is 11.1. The summed E-state index contributed by atoms with van der Waals surface area (Å²) >= 11 is 9.14. The molecule has 6 heteroatoms. The molecule has 16 heavy (non-hydrogen) atoms. The maximum Gasteiger partial charge on any atom is 0.322 e. The van der Waals surface area contributed by atoms with Crippen molar-refractivity contribution in [2.24, 2.45) is 5.73 Å². The monoisotopic (exact) mass is 327 g/mol. The Morgan fingerprint density at radius 1 is 1.62 bits per heavy atom. The molecule has 1 aromatic rings. The molecule has 0 aliphatic heterocycles. The number of nitrogens with two attached hydrogens (primary N) is 1. The first-order valence-electron chi connectivity index (χ1n) is 4.32. The van der Waals surface area contributed by atoms with E-state index < -0.39 is 12.0 Å². The van der Waals surface area contributed by atoms with Gasteiger partial charge in [0.05, 0.1) is 12.1 Å². The lowest BCUT2D eigenvalue weighted by Crippen LogP contribution is -2.33. The highest BCUT2D eigenvalue weighted by Gasteiger charge is 2.14. The highest BCUT2D eigenvalue weighted by atomic mass is 79.9. The number of hydrogen-bond donors (Lipinski definition) is 1. The Balaban J connectivity index is 0.00000225. The van der Waals surface area contributed by atoms with Gasteiger partial charge >= 0.3 is 5.97 Å². The van der Waals surface area contributed by atoms with Crippen LogP contribution < -0.4 is 5.73 Å². The third kappa shape index (κ3) is 4.29. The molecule has 2 N–H and O–H groups in total. The molecule has 0 aliphatic carbocycles. The molecular formula is C10H12BrCl2NO2. The number of carbonyl (C=O) groups excluding carboxylic acids is 1. The molecule has 3 nitrogen and oxygen atoms in total. The lowest BCUT2D eigenvalue weighted by Gasteiger charge is -2.09. The topological polar surface area (TPSA) is 52.3 Å². The maximum absolute atomic E-state index is 11.1. The molecule has 90 valence electrons. The first-order valence-corrected chi connectivity index (χ1v) is 5.49. The van der Waals surface area contributed by atoms with Crippen molar-refractivity contribution in [3.8, 4) is 0 Å². The Morgan fingerprint density at radius 3 is 2.75 bits per heavy atom. The van der Waals surface area contributed by atoms with Crippen molar-refractivity contribution in [3.63, 3.8) is 0 Å². The van der Waals surface area contributed by atoms with Crippen LogP contribution in [0.25, 0.3) is 0 Å². The van der Waals surface area contributed by atoms with Crippen LogP contribution in [0.2, 0.25) is 5.02 Å². The number of ether oxygens (including phenoxy) is 1. The zero-order valence-electron chi connectivity index (χ0n) is 8.57. The van der Waals surface area contributed by atoms with Crippen LogP contribution in [-0.2, 0) is 16.0 Å². The Bertz CT molecular complexity index is 374. The summed E-state index contributed by atoms with van der Waals surface area (Å²) < 4.78 is 5.33. The molecule has 0 bridgehead atoms. The van der Waals surface area contributed by atoms with Gasteiger partial charge in [0, 0.05) is 4.47 Å². The van der Waals surface area contributed by atoms with E-state index >= 15 is 0 Å². The standard InChI is InChI=1S/C10H11BrClNO2.ClH/c1-15-10(14)9(13)5-6-2-3-8(12)7(11)4-6;/h2-4,9H,5,13H2,1H3;1H/t9-;/m0./s1. The van der Waals surface area contributed by atoms with Gasteiger partial charge in [0.2, 0.25) is 0 Å². The molecule has 0 radical (unpaired) electrons. The second kappa shape index (κ2) is 7.12. The molecule has 0 heterocycles. The second-order valence-corrected chi connectivity index (χ2v) is 4.34. The highest BCUT2D eigenvalue weighted by Crippen LogP contribution is 2.23. The van der Waals surface area contributed by atoms with Gasteiger partial charge < -0.3 is 10.5 Å².